The number of pyridine rings is 1. The lowest BCUT2D eigenvalue weighted by Gasteiger charge is -2.26. The fourth-order valence-electron chi connectivity index (χ4n) is 3.09. The summed E-state index contributed by atoms with van der Waals surface area (Å²) < 4.78 is 7.28. The van der Waals surface area contributed by atoms with Crippen LogP contribution in [-0.2, 0) is 11.3 Å². The molecule has 8 heteroatoms. The van der Waals surface area contributed by atoms with Crippen LogP contribution in [0.25, 0.3) is 5.69 Å². The Morgan fingerprint density at radius 1 is 1.18 bits per heavy atom. The molecule has 1 N–H and O–H groups in total. The standard InChI is InChI=1S/C20H20ClN5O2/c21-17-12-15(20(27)25-8-10-28-11-9-25)13-23-19(17)24-14-18-22-6-7-26(18)16-4-2-1-3-5-16/h1-7,12-13H,8-11,14H2,(H,23,24). The van der Waals surface area contributed by atoms with E-state index in [4.69, 9.17) is 16.3 Å². The lowest BCUT2D eigenvalue weighted by molar-refractivity contribution is 0.0302. The lowest BCUT2D eigenvalue weighted by atomic mass is 10.2. The summed E-state index contributed by atoms with van der Waals surface area (Å²) in [6.45, 7) is 2.73. The summed E-state index contributed by atoms with van der Waals surface area (Å²) in [6.07, 6.45) is 5.21. The van der Waals surface area contributed by atoms with Crippen LogP contribution >= 0.6 is 11.6 Å². The Labute approximate surface area is 167 Å². The second kappa shape index (κ2) is 8.41. The number of rotatable bonds is 5. The first-order valence-corrected chi connectivity index (χ1v) is 9.44. The Morgan fingerprint density at radius 2 is 1.96 bits per heavy atom. The SMILES string of the molecule is O=C(c1cnc(NCc2nccn2-c2ccccc2)c(Cl)c1)N1CCOCC1. The van der Waals surface area contributed by atoms with Crippen molar-refractivity contribution in [2.45, 2.75) is 6.54 Å². The van der Waals surface area contributed by atoms with Gasteiger partial charge in [-0.1, -0.05) is 29.8 Å². The van der Waals surface area contributed by atoms with Gasteiger partial charge >= 0.3 is 0 Å². The second-order valence-corrected chi connectivity index (χ2v) is 6.77. The Morgan fingerprint density at radius 3 is 2.71 bits per heavy atom. The zero-order chi connectivity index (χ0) is 19.3. The molecule has 0 bridgehead atoms. The smallest absolute Gasteiger partial charge is 0.255 e. The predicted molar refractivity (Wildman–Crippen MR) is 107 cm³/mol. The maximum atomic E-state index is 12.5. The molecule has 1 saturated heterocycles. The maximum absolute atomic E-state index is 12.5. The van der Waals surface area contributed by atoms with Gasteiger partial charge in [0.25, 0.3) is 5.91 Å². The van der Waals surface area contributed by atoms with E-state index in [1.165, 1.54) is 0 Å². The number of nitrogens with one attached hydrogen (secondary N) is 1. The molecule has 1 fully saturated rings. The van der Waals surface area contributed by atoms with Crippen LogP contribution in [0.15, 0.2) is 55.0 Å². The van der Waals surface area contributed by atoms with E-state index >= 15 is 0 Å². The van der Waals surface area contributed by atoms with Gasteiger partial charge in [0.2, 0.25) is 0 Å². The number of aromatic nitrogens is 3. The van der Waals surface area contributed by atoms with E-state index in [0.717, 1.165) is 11.5 Å². The molecule has 0 spiro atoms. The van der Waals surface area contributed by atoms with Crippen LogP contribution in [0.2, 0.25) is 5.02 Å². The van der Waals surface area contributed by atoms with Crippen LogP contribution < -0.4 is 5.32 Å². The van der Waals surface area contributed by atoms with Crippen molar-refractivity contribution < 1.29 is 9.53 Å². The largest absolute Gasteiger partial charge is 0.378 e. The van der Waals surface area contributed by atoms with Crippen molar-refractivity contribution in [2.24, 2.45) is 0 Å². The first kappa shape index (κ1) is 18.5. The summed E-state index contributed by atoms with van der Waals surface area (Å²) >= 11 is 6.36. The summed E-state index contributed by atoms with van der Waals surface area (Å²) in [7, 11) is 0. The molecule has 7 nitrogen and oxygen atoms in total. The Bertz CT molecular complexity index is 954. The van der Waals surface area contributed by atoms with E-state index < -0.39 is 0 Å². The Balaban J connectivity index is 1.45. The number of morpholine rings is 1. The number of nitrogens with zero attached hydrogens (tertiary/aromatic N) is 4. The summed E-state index contributed by atoms with van der Waals surface area (Å²) in [5.41, 5.74) is 1.51. The van der Waals surface area contributed by atoms with E-state index in [2.05, 4.69) is 15.3 Å². The number of anilines is 1. The van der Waals surface area contributed by atoms with Gasteiger partial charge in [0.05, 0.1) is 30.3 Å². The molecule has 1 amide bonds. The van der Waals surface area contributed by atoms with Gasteiger partial charge in [-0.05, 0) is 18.2 Å². The van der Waals surface area contributed by atoms with Gasteiger partial charge in [0.15, 0.2) is 0 Å². The number of ether oxygens (including phenoxy) is 1. The fraction of sp³-hybridized carbons (Fsp3) is 0.250. The van der Waals surface area contributed by atoms with E-state index in [1.807, 2.05) is 41.1 Å². The average Bonchev–Trinajstić information content (AvgIpc) is 3.22. The molecule has 144 valence electrons. The number of halogens is 1. The third-order valence-electron chi connectivity index (χ3n) is 4.55. The number of imidazole rings is 1. The molecule has 1 aromatic carbocycles. The molecule has 28 heavy (non-hydrogen) atoms. The molecule has 0 saturated carbocycles. The van der Waals surface area contributed by atoms with Crippen LogP contribution in [0.4, 0.5) is 5.82 Å². The van der Waals surface area contributed by atoms with Gasteiger partial charge in [0, 0.05) is 37.4 Å². The predicted octanol–water partition coefficient (Wildman–Crippen LogP) is 3.01. The lowest BCUT2D eigenvalue weighted by Crippen LogP contribution is -2.40. The highest BCUT2D eigenvalue weighted by atomic mass is 35.5. The van der Waals surface area contributed by atoms with Crippen molar-refractivity contribution in [2.75, 3.05) is 31.6 Å². The first-order chi connectivity index (χ1) is 13.7. The maximum Gasteiger partial charge on any atom is 0.255 e. The zero-order valence-electron chi connectivity index (χ0n) is 15.2. The van der Waals surface area contributed by atoms with Crippen molar-refractivity contribution in [1.82, 2.24) is 19.4 Å². The molecular weight excluding hydrogens is 378 g/mol. The minimum Gasteiger partial charge on any atom is -0.378 e. The van der Waals surface area contributed by atoms with Gasteiger partial charge in [-0.3, -0.25) is 4.79 Å². The van der Waals surface area contributed by atoms with Crippen LogP contribution in [-0.4, -0.2) is 51.6 Å². The van der Waals surface area contributed by atoms with Crippen molar-refractivity contribution in [1.29, 1.82) is 0 Å². The van der Waals surface area contributed by atoms with Crippen LogP contribution in [0.5, 0.6) is 0 Å². The van der Waals surface area contributed by atoms with E-state index in [9.17, 15) is 4.79 Å². The second-order valence-electron chi connectivity index (χ2n) is 6.36. The molecule has 0 aliphatic carbocycles. The van der Waals surface area contributed by atoms with Gasteiger partial charge in [-0.2, -0.15) is 0 Å². The quantitative estimate of drug-likeness (QED) is 0.716. The minimum absolute atomic E-state index is 0.0797. The highest BCUT2D eigenvalue weighted by Crippen LogP contribution is 2.22. The van der Waals surface area contributed by atoms with Crippen molar-refractivity contribution in [3.8, 4) is 5.69 Å². The van der Waals surface area contributed by atoms with Crippen LogP contribution in [0, 0.1) is 0 Å². The van der Waals surface area contributed by atoms with Gasteiger partial charge in [-0.25, -0.2) is 9.97 Å². The highest BCUT2D eigenvalue weighted by molar-refractivity contribution is 6.33. The summed E-state index contributed by atoms with van der Waals surface area (Å²) in [5, 5.41) is 3.60. The molecular formula is C20H20ClN5O2. The van der Waals surface area contributed by atoms with Gasteiger partial charge in [0.1, 0.15) is 11.6 Å². The number of amides is 1. The Kier molecular flexibility index (Phi) is 5.55. The van der Waals surface area contributed by atoms with E-state index in [0.29, 0.717) is 49.3 Å². The third-order valence-corrected chi connectivity index (χ3v) is 4.84. The molecule has 1 aliphatic rings. The van der Waals surface area contributed by atoms with Gasteiger partial charge < -0.3 is 19.5 Å². The molecule has 2 aromatic heterocycles. The number of carbonyl (C=O) groups excluding carboxylic acids is 1. The number of para-hydroxylation sites is 1. The van der Waals surface area contributed by atoms with Crippen molar-refractivity contribution >= 4 is 23.3 Å². The monoisotopic (exact) mass is 397 g/mol. The highest BCUT2D eigenvalue weighted by Gasteiger charge is 2.20. The van der Waals surface area contributed by atoms with E-state index in [1.54, 1.807) is 23.4 Å². The topological polar surface area (TPSA) is 72.3 Å². The Hall–Kier alpha value is -2.90. The van der Waals surface area contributed by atoms with E-state index in [-0.39, 0.29) is 5.91 Å². The third kappa shape index (κ3) is 4.00. The number of benzene rings is 1. The summed E-state index contributed by atoms with van der Waals surface area (Å²) in [6, 6.07) is 11.6. The van der Waals surface area contributed by atoms with Gasteiger partial charge in [-0.15, -0.1) is 0 Å². The van der Waals surface area contributed by atoms with Crippen LogP contribution in [0.1, 0.15) is 16.2 Å². The van der Waals surface area contributed by atoms with Crippen LogP contribution in [0.3, 0.4) is 0 Å². The summed E-state index contributed by atoms with van der Waals surface area (Å²) in [4.78, 5) is 23.0. The normalized spacial score (nSPS) is 14.1. The number of carbonyl (C=O) groups is 1. The average molecular weight is 398 g/mol. The molecule has 0 atom stereocenters. The van der Waals surface area contributed by atoms with Crippen molar-refractivity contribution in [3.63, 3.8) is 0 Å². The number of hydrogen-bond donors (Lipinski definition) is 1. The number of hydrogen-bond acceptors (Lipinski definition) is 5. The molecule has 3 heterocycles. The summed E-state index contributed by atoms with van der Waals surface area (Å²) in [5.74, 6) is 1.27. The molecule has 0 radical (unpaired) electrons. The first-order valence-electron chi connectivity index (χ1n) is 9.06. The molecule has 1 aliphatic heterocycles. The molecule has 0 unspecified atom stereocenters. The van der Waals surface area contributed by atoms with Crippen molar-refractivity contribution in [3.05, 3.63) is 71.4 Å². The zero-order valence-corrected chi connectivity index (χ0v) is 16.0. The molecule has 3 aromatic rings. The minimum atomic E-state index is -0.0797. The molecule has 4 rings (SSSR count). The fourth-order valence-corrected chi connectivity index (χ4v) is 3.32.